The molecule has 2 fully saturated rings. The lowest BCUT2D eigenvalue weighted by Crippen LogP contribution is -2.55. The van der Waals surface area contributed by atoms with Gasteiger partial charge >= 0.3 is 0 Å². The number of benzene rings is 2. The van der Waals surface area contributed by atoms with Gasteiger partial charge in [0.2, 0.25) is 0 Å². The Bertz CT molecular complexity index is 1520. The summed E-state index contributed by atoms with van der Waals surface area (Å²) in [4.78, 5) is 13.6. The minimum Gasteiger partial charge on any atom is -0.508 e. The van der Waals surface area contributed by atoms with Gasteiger partial charge in [0, 0.05) is 11.6 Å². The van der Waals surface area contributed by atoms with Gasteiger partial charge in [0.15, 0.2) is 11.0 Å². The molecule has 0 spiro atoms. The molecule has 0 aliphatic carbocycles. The Balaban J connectivity index is 1.85. The van der Waals surface area contributed by atoms with Crippen molar-refractivity contribution in [3.8, 4) is 28.6 Å². The molecule has 5 rings (SSSR count). The van der Waals surface area contributed by atoms with E-state index in [1.165, 1.54) is 24.3 Å². The van der Waals surface area contributed by atoms with E-state index in [1.54, 1.807) is 0 Å². The number of phenols is 2. The first-order chi connectivity index (χ1) is 20.4. The summed E-state index contributed by atoms with van der Waals surface area (Å²) < 4.78 is 23.0. The molecule has 2 aliphatic heterocycles. The molecule has 10 atom stereocenters. The smallest absolute Gasteiger partial charge is 0.197 e. The Morgan fingerprint density at radius 2 is 1.26 bits per heavy atom. The van der Waals surface area contributed by atoms with E-state index in [0.717, 1.165) is 13.2 Å². The van der Waals surface area contributed by atoms with Crippen LogP contribution in [0.4, 0.5) is 0 Å². The fourth-order valence-electron chi connectivity index (χ4n) is 5.59. The highest BCUT2D eigenvalue weighted by Crippen LogP contribution is 2.51. The zero-order valence-electron chi connectivity index (χ0n) is 22.6. The normalized spacial score (nSPS) is 33.0. The van der Waals surface area contributed by atoms with Gasteiger partial charge < -0.3 is 69.7 Å². The van der Waals surface area contributed by atoms with Crippen molar-refractivity contribution in [3.63, 3.8) is 0 Å². The average Bonchev–Trinajstić information content (AvgIpc) is 2.99. The summed E-state index contributed by atoms with van der Waals surface area (Å²) in [7, 11) is 1.11. The monoisotopic (exact) mass is 608 g/mol. The zero-order chi connectivity index (χ0) is 31.3. The summed E-state index contributed by atoms with van der Waals surface area (Å²) in [6.45, 7) is -1.61. The van der Waals surface area contributed by atoms with Crippen LogP contribution in [0.3, 0.4) is 0 Å². The highest BCUT2D eigenvalue weighted by Gasteiger charge is 2.50. The highest BCUT2D eigenvalue weighted by atomic mass is 16.6. The lowest BCUT2D eigenvalue weighted by Gasteiger charge is -2.42. The first-order valence-corrected chi connectivity index (χ1v) is 13.3. The van der Waals surface area contributed by atoms with Gasteiger partial charge in [-0.15, -0.1) is 0 Å². The molecule has 0 bridgehead atoms. The van der Waals surface area contributed by atoms with Crippen molar-refractivity contribution in [3.05, 3.63) is 51.7 Å². The number of aromatic hydroxyl groups is 2. The molecule has 0 radical (unpaired) electrons. The standard InChI is InChI=1S/C28H32O15/c1-40-25-16(27-23(38)21(36)18(33)13(7-29)42-27)20(35)15-11(32)6-12(9-2-4-10(31)5-3-9)41-26(15)17(25)28-24(39)22(37)19(34)14(8-30)43-28/h2-6,13-14,18-19,21-24,27-31,33-39H,7-8H2,1H3/t13-,14-,18-,19-,21+,22+,23-,24-,27+,28+/m1/s1. The molecule has 0 saturated carbocycles. The molecule has 1 aromatic heterocycles. The number of aliphatic hydroxyl groups excluding tert-OH is 8. The lowest BCUT2D eigenvalue weighted by molar-refractivity contribution is -0.233. The summed E-state index contributed by atoms with van der Waals surface area (Å²) in [6, 6.07) is 6.56. The van der Waals surface area contributed by atoms with E-state index >= 15 is 0 Å². The van der Waals surface area contributed by atoms with E-state index in [0.29, 0.717) is 5.56 Å². The summed E-state index contributed by atoms with van der Waals surface area (Å²) in [6.07, 6.45) is -17.4. The molecule has 43 heavy (non-hydrogen) atoms. The zero-order valence-corrected chi connectivity index (χ0v) is 22.6. The third-order valence-electron chi connectivity index (χ3n) is 7.88. The van der Waals surface area contributed by atoms with Gasteiger partial charge in [0.1, 0.15) is 89.4 Å². The maximum Gasteiger partial charge on any atom is 0.197 e. The minimum atomic E-state index is -1.94. The van der Waals surface area contributed by atoms with E-state index in [2.05, 4.69) is 0 Å². The molecular formula is C28H32O15. The Morgan fingerprint density at radius 3 is 1.74 bits per heavy atom. The van der Waals surface area contributed by atoms with Crippen molar-refractivity contribution in [2.75, 3.05) is 20.3 Å². The van der Waals surface area contributed by atoms with Crippen molar-refractivity contribution in [2.24, 2.45) is 0 Å². The van der Waals surface area contributed by atoms with E-state index < -0.39 is 108 Å². The Labute approximate surface area is 242 Å². The SMILES string of the molecule is COc1c([C@@H]2O[C@H](CO)[C@@H](O)[C@H](O)[C@H]2O)c(O)c2c(=O)cc(-c3ccc(O)cc3)oc2c1[C@@H]1O[C@H](CO)[C@@H](O)[C@H](O)[C@H]1O. The highest BCUT2D eigenvalue weighted by molar-refractivity contribution is 5.92. The summed E-state index contributed by atoms with van der Waals surface area (Å²) in [5.74, 6) is -1.39. The second kappa shape index (κ2) is 12.0. The van der Waals surface area contributed by atoms with Gasteiger partial charge in [0.05, 0.1) is 31.5 Å². The topological polar surface area (TPSA) is 260 Å². The number of aliphatic hydroxyl groups is 8. The third kappa shape index (κ3) is 5.12. The van der Waals surface area contributed by atoms with Crippen LogP contribution in [0.1, 0.15) is 23.3 Å². The lowest BCUT2D eigenvalue weighted by atomic mass is 9.85. The van der Waals surface area contributed by atoms with Crippen molar-refractivity contribution in [2.45, 2.75) is 61.0 Å². The van der Waals surface area contributed by atoms with Crippen molar-refractivity contribution in [1.82, 2.24) is 0 Å². The van der Waals surface area contributed by atoms with Gasteiger partial charge in [-0.1, -0.05) is 0 Å². The third-order valence-corrected chi connectivity index (χ3v) is 7.88. The van der Waals surface area contributed by atoms with E-state index in [4.69, 9.17) is 18.6 Å². The van der Waals surface area contributed by atoms with Crippen LogP contribution in [-0.2, 0) is 9.47 Å². The maximum atomic E-state index is 13.6. The van der Waals surface area contributed by atoms with Gasteiger partial charge in [-0.25, -0.2) is 0 Å². The molecule has 234 valence electrons. The van der Waals surface area contributed by atoms with Gasteiger partial charge in [0.25, 0.3) is 0 Å². The summed E-state index contributed by atoms with van der Waals surface area (Å²) in [5, 5.41) is 104. The minimum absolute atomic E-state index is 0.0645. The van der Waals surface area contributed by atoms with Crippen molar-refractivity contribution < 1.29 is 69.7 Å². The predicted molar refractivity (Wildman–Crippen MR) is 143 cm³/mol. The quantitative estimate of drug-likeness (QED) is 0.144. The fraction of sp³-hybridized carbons (Fsp3) is 0.464. The van der Waals surface area contributed by atoms with Crippen LogP contribution in [0.15, 0.2) is 39.5 Å². The Morgan fingerprint density at radius 1 is 0.744 bits per heavy atom. The molecular weight excluding hydrogens is 576 g/mol. The van der Waals surface area contributed by atoms with Crippen molar-refractivity contribution >= 4 is 11.0 Å². The van der Waals surface area contributed by atoms with Crippen LogP contribution < -0.4 is 10.2 Å². The van der Waals surface area contributed by atoms with Crippen LogP contribution in [0, 0.1) is 0 Å². The van der Waals surface area contributed by atoms with Gasteiger partial charge in [-0.2, -0.15) is 0 Å². The molecule has 0 unspecified atom stereocenters. The molecule has 10 N–H and O–H groups in total. The molecule has 2 saturated heterocycles. The van der Waals surface area contributed by atoms with Crippen LogP contribution in [0.2, 0.25) is 0 Å². The Hall–Kier alpha value is -3.35. The van der Waals surface area contributed by atoms with E-state index in [9.17, 15) is 55.9 Å². The number of ether oxygens (including phenoxy) is 3. The summed E-state index contributed by atoms with van der Waals surface area (Å²) in [5.41, 5.74) is -1.71. The maximum absolute atomic E-state index is 13.6. The average molecular weight is 609 g/mol. The molecule has 15 nitrogen and oxygen atoms in total. The number of methoxy groups -OCH3 is 1. The Kier molecular flexibility index (Phi) is 8.65. The van der Waals surface area contributed by atoms with Crippen molar-refractivity contribution in [1.29, 1.82) is 0 Å². The van der Waals surface area contributed by atoms with Crippen LogP contribution in [0.5, 0.6) is 17.2 Å². The first-order valence-electron chi connectivity index (χ1n) is 13.3. The van der Waals surface area contributed by atoms with Crippen LogP contribution in [-0.4, -0.2) is 120 Å². The van der Waals surface area contributed by atoms with Gasteiger partial charge in [-0.3, -0.25) is 4.79 Å². The second-order valence-electron chi connectivity index (χ2n) is 10.4. The number of hydrogen-bond acceptors (Lipinski definition) is 15. The van der Waals surface area contributed by atoms with Gasteiger partial charge in [-0.05, 0) is 24.3 Å². The molecule has 0 amide bonds. The first kappa shape index (κ1) is 31.1. The fourth-order valence-corrected chi connectivity index (χ4v) is 5.59. The second-order valence-corrected chi connectivity index (χ2v) is 10.4. The van der Waals surface area contributed by atoms with Crippen LogP contribution in [0.25, 0.3) is 22.3 Å². The molecule has 15 heteroatoms. The predicted octanol–water partition coefficient (Wildman–Crippen LogP) is -2.09. The number of hydrogen-bond donors (Lipinski definition) is 10. The largest absolute Gasteiger partial charge is 0.508 e. The number of phenolic OH excluding ortho intramolecular Hbond substituents is 2. The number of fused-ring (bicyclic) bond motifs is 1. The number of rotatable bonds is 6. The van der Waals surface area contributed by atoms with Crippen LogP contribution >= 0.6 is 0 Å². The summed E-state index contributed by atoms with van der Waals surface area (Å²) >= 11 is 0. The van der Waals surface area contributed by atoms with E-state index in [-0.39, 0.29) is 17.1 Å². The van der Waals surface area contributed by atoms with E-state index in [1.807, 2.05) is 0 Å². The molecule has 2 aliphatic rings. The molecule has 3 aromatic rings. The molecule has 2 aromatic carbocycles. The molecule has 3 heterocycles.